The van der Waals surface area contributed by atoms with Crippen molar-refractivity contribution in [1.29, 1.82) is 5.26 Å². The largest absolute Gasteiger partial charge is 0.382 e. The molecule has 4 nitrogen and oxygen atoms in total. The monoisotopic (exact) mass is 284 g/mol. The minimum absolute atomic E-state index is 0.270. The van der Waals surface area contributed by atoms with Gasteiger partial charge >= 0.3 is 0 Å². The average Bonchev–Trinajstić information content (AvgIpc) is 2.45. The minimum Gasteiger partial charge on any atom is -0.382 e. The summed E-state index contributed by atoms with van der Waals surface area (Å²) < 4.78 is 0. The minimum atomic E-state index is 0.270. The zero-order valence-corrected chi connectivity index (χ0v) is 12.4. The number of benzene rings is 1. The number of nitrogens with zero attached hydrogens (tertiary/aromatic N) is 3. The van der Waals surface area contributed by atoms with Crippen molar-refractivity contribution in [2.45, 2.75) is 31.2 Å². The van der Waals surface area contributed by atoms with Crippen molar-refractivity contribution >= 4 is 17.6 Å². The highest BCUT2D eigenvalue weighted by Crippen LogP contribution is 2.24. The molecule has 0 spiro atoms. The van der Waals surface area contributed by atoms with Crippen LogP contribution >= 0.6 is 11.8 Å². The summed E-state index contributed by atoms with van der Waals surface area (Å²) in [6, 6.07) is 10.3. The quantitative estimate of drug-likeness (QED) is 0.689. The second-order valence-electron chi connectivity index (χ2n) is 4.39. The van der Waals surface area contributed by atoms with Gasteiger partial charge in [-0.2, -0.15) is 5.26 Å². The van der Waals surface area contributed by atoms with E-state index in [4.69, 9.17) is 11.0 Å². The van der Waals surface area contributed by atoms with Crippen molar-refractivity contribution in [3.8, 4) is 6.07 Å². The van der Waals surface area contributed by atoms with Gasteiger partial charge in [0.2, 0.25) is 0 Å². The van der Waals surface area contributed by atoms with Crippen LogP contribution in [0.3, 0.4) is 0 Å². The fourth-order valence-corrected chi connectivity index (χ4v) is 2.81. The first-order valence-corrected chi connectivity index (χ1v) is 7.38. The second-order valence-corrected chi connectivity index (χ2v) is 5.34. The van der Waals surface area contributed by atoms with Crippen LogP contribution in [0.1, 0.15) is 29.3 Å². The molecule has 102 valence electrons. The second kappa shape index (κ2) is 6.40. The summed E-state index contributed by atoms with van der Waals surface area (Å²) in [5.41, 5.74) is 9.43. The number of anilines is 1. The average molecular weight is 284 g/mol. The molecule has 0 unspecified atom stereocenters. The maximum absolute atomic E-state index is 9.05. The van der Waals surface area contributed by atoms with Gasteiger partial charge in [-0.3, -0.25) is 0 Å². The Hall–Kier alpha value is -2.06. The Morgan fingerprint density at radius 3 is 2.70 bits per heavy atom. The Labute approximate surface area is 123 Å². The lowest BCUT2D eigenvalue weighted by Gasteiger charge is -2.08. The first-order chi connectivity index (χ1) is 9.65. The van der Waals surface area contributed by atoms with Crippen LogP contribution in [0.4, 0.5) is 5.82 Å². The van der Waals surface area contributed by atoms with E-state index in [0.717, 1.165) is 5.75 Å². The fraction of sp³-hybridized carbons (Fsp3) is 0.267. The molecule has 2 aromatic rings. The standard InChI is InChI=1S/C15H16N4S/c1-3-13-12(8-16)14(17)19-15(18-13)20-9-11-7-5-4-6-10(11)2/h4-7H,3,9H2,1-2H3,(H2,17,18,19). The Kier molecular flexibility index (Phi) is 4.59. The van der Waals surface area contributed by atoms with Gasteiger partial charge in [0.05, 0.1) is 5.69 Å². The summed E-state index contributed by atoms with van der Waals surface area (Å²) in [5.74, 6) is 1.06. The number of nitrogens with two attached hydrogens (primary N) is 1. The molecule has 20 heavy (non-hydrogen) atoms. The third kappa shape index (κ3) is 3.09. The molecule has 1 aromatic heterocycles. The molecule has 5 heteroatoms. The van der Waals surface area contributed by atoms with Crippen LogP contribution in [0, 0.1) is 18.3 Å². The molecular formula is C15H16N4S. The van der Waals surface area contributed by atoms with Crippen molar-refractivity contribution in [2.75, 3.05) is 5.73 Å². The van der Waals surface area contributed by atoms with E-state index in [9.17, 15) is 0 Å². The van der Waals surface area contributed by atoms with Gasteiger partial charge in [-0.05, 0) is 24.5 Å². The van der Waals surface area contributed by atoms with Crippen LogP contribution < -0.4 is 5.73 Å². The van der Waals surface area contributed by atoms with E-state index in [-0.39, 0.29) is 5.82 Å². The summed E-state index contributed by atoms with van der Waals surface area (Å²) >= 11 is 1.54. The number of hydrogen-bond acceptors (Lipinski definition) is 5. The number of thioether (sulfide) groups is 1. The molecule has 0 saturated heterocycles. The van der Waals surface area contributed by atoms with Crippen LogP contribution in [0.25, 0.3) is 0 Å². The van der Waals surface area contributed by atoms with Crippen molar-refractivity contribution < 1.29 is 0 Å². The fourth-order valence-electron chi connectivity index (χ4n) is 1.86. The maximum Gasteiger partial charge on any atom is 0.190 e. The predicted octanol–water partition coefficient (Wildman–Crippen LogP) is 3.09. The summed E-state index contributed by atoms with van der Waals surface area (Å²) in [6.45, 7) is 4.04. The van der Waals surface area contributed by atoms with Crippen molar-refractivity contribution in [3.63, 3.8) is 0 Å². The number of aryl methyl sites for hydroxylation is 2. The van der Waals surface area contributed by atoms with Crippen LogP contribution in [-0.2, 0) is 12.2 Å². The molecule has 2 N–H and O–H groups in total. The van der Waals surface area contributed by atoms with Gasteiger partial charge in [0, 0.05) is 5.75 Å². The lowest BCUT2D eigenvalue weighted by Crippen LogP contribution is -2.04. The van der Waals surface area contributed by atoms with Gasteiger partial charge in [-0.15, -0.1) is 0 Å². The lowest BCUT2D eigenvalue weighted by atomic mass is 10.1. The zero-order valence-electron chi connectivity index (χ0n) is 11.6. The maximum atomic E-state index is 9.05. The molecule has 0 amide bonds. The van der Waals surface area contributed by atoms with E-state index < -0.39 is 0 Å². The molecule has 1 aromatic carbocycles. The topological polar surface area (TPSA) is 75.6 Å². The first-order valence-electron chi connectivity index (χ1n) is 6.39. The normalized spacial score (nSPS) is 10.2. The zero-order chi connectivity index (χ0) is 14.5. The van der Waals surface area contributed by atoms with E-state index >= 15 is 0 Å². The highest BCUT2D eigenvalue weighted by molar-refractivity contribution is 7.98. The van der Waals surface area contributed by atoms with E-state index in [1.807, 2.05) is 19.1 Å². The highest BCUT2D eigenvalue weighted by Gasteiger charge is 2.11. The van der Waals surface area contributed by atoms with Crippen molar-refractivity contribution in [3.05, 3.63) is 46.6 Å². The first kappa shape index (κ1) is 14.4. The van der Waals surface area contributed by atoms with Gasteiger partial charge in [0.15, 0.2) is 5.16 Å². The molecule has 1 heterocycles. The van der Waals surface area contributed by atoms with Gasteiger partial charge in [0.25, 0.3) is 0 Å². The predicted molar refractivity (Wildman–Crippen MR) is 81.3 cm³/mol. The molecule has 0 radical (unpaired) electrons. The lowest BCUT2D eigenvalue weighted by molar-refractivity contribution is 0.888. The Balaban J connectivity index is 2.21. The number of nitrogen functional groups attached to an aromatic ring is 1. The van der Waals surface area contributed by atoms with Crippen molar-refractivity contribution in [2.24, 2.45) is 0 Å². The number of aromatic nitrogens is 2. The molecule has 0 bridgehead atoms. The van der Waals surface area contributed by atoms with Gasteiger partial charge in [0.1, 0.15) is 17.5 Å². The molecule has 0 aliphatic carbocycles. The van der Waals surface area contributed by atoms with E-state index in [1.165, 1.54) is 22.9 Å². The van der Waals surface area contributed by atoms with Crippen molar-refractivity contribution in [1.82, 2.24) is 9.97 Å². The summed E-state index contributed by atoms with van der Waals surface area (Å²) in [6.07, 6.45) is 0.674. The van der Waals surface area contributed by atoms with Crippen LogP contribution in [-0.4, -0.2) is 9.97 Å². The van der Waals surface area contributed by atoms with E-state index in [0.29, 0.717) is 22.8 Å². The van der Waals surface area contributed by atoms with Gasteiger partial charge < -0.3 is 5.73 Å². The third-order valence-corrected chi connectivity index (χ3v) is 3.95. The Bertz CT molecular complexity index is 661. The summed E-state index contributed by atoms with van der Waals surface area (Å²) in [5, 5.41) is 9.68. The third-order valence-electron chi connectivity index (χ3n) is 3.06. The molecule has 0 atom stereocenters. The Morgan fingerprint density at radius 2 is 2.05 bits per heavy atom. The van der Waals surface area contributed by atoms with Crippen LogP contribution in [0.5, 0.6) is 0 Å². The summed E-state index contributed by atoms with van der Waals surface area (Å²) in [7, 11) is 0. The molecule has 0 fully saturated rings. The SMILES string of the molecule is CCc1nc(SCc2ccccc2C)nc(N)c1C#N. The molecule has 2 rings (SSSR count). The molecule has 0 aliphatic rings. The van der Waals surface area contributed by atoms with E-state index in [2.05, 4.69) is 35.1 Å². The van der Waals surface area contributed by atoms with Gasteiger partial charge in [-0.1, -0.05) is 43.0 Å². The highest BCUT2D eigenvalue weighted by atomic mass is 32.2. The number of hydrogen-bond donors (Lipinski definition) is 1. The smallest absolute Gasteiger partial charge is 0.190 e. The molecule has 0 aliphatic heterocycles. The number of nitriles is 1. The summed E-state index contributed by atoms with van der Waals surface area (Å²) in [4.78, 5) is 8.62. The molecular weight excluding hydrogens is 268 g/mol. The molecule has 0 saturated carbocycles. The van der Waals surface area contributed by atoms with Gasteiger partial charge in [-0.25, -0.2) is 9.97 Å². The van der Waals surface area contributed by atoms with Crippen LogP contribution in [0.15, 0.2) is 29.4 Å². The Morgan fingerprint density at radius 1 is 1.30 bits per heavy atom. The van der Waals surface area contributed by atoms with Crippen LogP contribution in [0.2, 0.25) is 0 Å². The van der Waals surface area contributed by atoms with E-state index in [1.54, 1.807) is 0 Å². The number of rotatable bonds is 4.